The molecule has 0 aromatic carbocycles. The Morgan fingerprint density at radius 3 is 2.57 bits per heavy atom. The van der Waals surface area contributed by atoms with Gasteiger partial charge < -0.3 is 5.11 Å². The summed E-state index contributed by atoms with van der Waals surface area (Å²) in [5, 5.41) is 10.2. The van der Waals surface area contributed by atoms with Gasteiger partial charge in [0, 0.05) is 0 Å². The van der Waals surface area contributed by atoms with Crippen molar-refractivity contribution in [3.8, 4) is 0 Å². The van der Waals surface area contributed by atoms with E-state index in [-0.39, 0.29) is 6.10 Å². The van der Waals surface area contributed by atoms with Crippen LogP contribution < -0.4 is 0 Å². The van der Waals surface area contributed by atoms with Gasteiger partial charge in [0.1, 0.15) is 0 Å². The second-order valence-corrected chi connectivity index (χ2v) is 12.2. The van der Waals surface area contributed by atoms with Crippen molar-refractivity contribution in [1.82, 2.24) is 0 Å². The number of rotatable bonds is 5. The van der Waals surface area contributed by atoms with Crippen LogP contribution in [0, 0.1) is 46.3 Å². The Morgan fingerprint density at radius 2 is 1.82 bits per heavy atom. The van der Waals surface area contributed by atoms with Crippen molar-refractivity contribution in [3.05, 3.63) is 11.6 Å². The SMILES string of the molecule is CC(C)CCC[C@@H](C)[C@H]1CC=C2[C@@H]3CC[C@H]4C[C@@H](O)CC[C@]4(C)[C@H]3CC[C@@]21C. The van der Waals surface area contributed by atoms with E-state index >= 15 is 0 Å². The predicted octanol–water partition coefficient (Wildman–Crippen LogP) is 7.39. The van der Waals surface area contributed by atoms with Crippen molar-refractivity contribution in [2.45, 2.75) is 111 Å². The predicted molar refractivity (Wildman–Crippen MR) is 119 cm³/mol. The first-order valence-corrected chi connectivity index (χ1v) is 12.6. The highest BCUT2D eigenvalue weighted by atomic mass is 16.3. The highest BCUT2D eigenvalue weighted by Crippen LogP contribution is 2.66. The van der Waals surface area contributed by atoms with Gasteiger partial charge in [-0.2, -0.15) is 0 Å². The second kappa shape index (κ2) is 7.75. The Morgan fingerprint density at radius 1 is 1.04 bits per heavy atom. The maximum absolute atomic E-state index is 10.2. The van der Waals surface area contributed by atoms with Crippen molar-refractivity contribution < 1.29 is 5.11 Å². The topological polar surface area (TPSA) is 20.2 Å². The van der Waals surface area contributed by atoms with Gasteiger partial charge in [-0.25, -0.2) is 0 Å². The molecule has 3 fully saturated rings. The Bertz CT molecular complexity index is 591. The average molecular weight is 387 g/mol. The summed E-state index contributed by atoms with van der Waals surface area (Å²) in [6, 6.07) is 0. The number of aliphatic hydroxyl groups is 1. The number of allylic oxidation sites excluding steroid dienone is 2. The quantitative estimate of drug-likeness (QED) is 0.488. The lowest BCUT2D eigenvalue weighted by molar-refractivity contribution is -0.0859. The zero-order valence-corrected chi connectivity index (χ0v) is 19.3. The molecular weight excluding hydrogens is 340 g/mol. The van der Waals surface area contributed by atoms with Gasteiger partial charge in [0.2, 0.25) is 0 Å². The summed E-state index contributed by atoms with van der Waals surface area (Å²) in [6.45, 7) is 12.5. The second-order valence-electron chi connectivity index (χ2n) is 12.2. The molecule has 0 spiro atoms. The van der Waals surface area contributed by atoms with Crippen LogP contribution in [0.1, 0.15) is 105 Å². The minimum Gasteiger partial charge on any atom is -0.393 e. The fraction of sp³-hybridized carbons (Fsp3) is 0.926. The molecule has 8 atom stereocenters. The Hall–Kier alpha value is -0.300. The standard InChI is InChI=1S/C27H46O/c1-18(2)7-6-8-19(3)23-11-12-24-22-10-9-20-17-21(28)13-15-26(20,4)25(22)14-16-27(23,24)5/h12,18-23,25,28H,6-11,13-17H2,1-5H3/t19-,20+,21+,22+,23-,25+,26+,27-/m1/s1. The fourth-order valence-corrected chi connectivity index (χ4v) is 8.51. The van der Waals surface area contributed by atoms with Crippen LogP contribution in [-0.2, 0) is 0 Å². The highest BCUT2D eigenvalue weighted by molar-refractivity contribution is 5.30. The molecule has 4 aliphatic rings. The van der Waals surface area contributed by atoms with Gasteiger partial charge in [-0.1, -0.05) is 65.5 Å². The molecule has 4 rings (SSSR count). The molecule has 0 amide bonds. The van der Waals surface area contributed by atoms with E-state index in [0.717, 1.165) is 48.3 Å². The monoisotopic (exact) mass is 386 g/mol. The first-order chi connectivity index (χ1) is 13.3. The maximum Gasteiger partial charge on any atom is 0.0543 e. The number of hydrogen-bond donors (Lipinski definition) is 1. The van der Waals surface area contributed by atoms with E-state index in [9.17, 15) is 5.11 Å². The maximum atomic E-state index is 10.2. The third kappa shape index (κ3) is 3.42. The van der Waals surface area contributed by atoms with Crippen molar-refractivity contribution >= 4 is 0 Å². The summed E-state index contributed by atoms with van der Waals surface area (Å²) in [4.78, 5) is 0. The molecule has 0 radical (unpaired) electrons. The van der Waals surface area contributed by atoms with Gasteiger partial charge in [-0.3, -0.25) is 0 Å². The molecule has 0 aliphatic heterocycles. The molecule has 1 nitrogen and oxygen atoms in total. The molecule has 0 heterocycles. The summed E-state index contributed by atoms with van der Waals surface area (Å²) in [6.07, 6.45) is 17.3. The fourth-order valence-electron chi connectivity index (χ4n) is 8.51. The average Bonchev–Trinajstić information content (AvgIpc) is 2.99. The van der Waals surface area contributed by atoms with E-state index in [1.54, 1.807) is 0 Å². The van der Waals surface area contributed by atoms with Crippen LogP contribution in [0.5, 0.6) is 0 Å². The van der Waals surface area contributed by atoms with Crippen LogP contribution in [-0.4, -0.2) is 11.2 Å². The lowest BCUT2D eigenvalue weighted by Gasteiger charge is -2.60. The molecule has 160 valence electrons. The van der Waals surface area contributed by atoms with E-state index in [1.165, 1.54) is 57.8 Å². The van der Waals surface area contributed by atoms with Gasteiger partial charge in [-0.05, 0) is 97.7 Å². The third-order valence-corrected chi connectivity index (χ3v) is 10.2. The van der Waals surface area contributed by atoms with Gasteiger partial charge in [0.15, 0.2) is 0 Å². The molecule has 0 aromatic rings. The zero-order chi connectivity index (χ0) is 20.1. The summed E-state index contributed by atoms with van der Waals surface area (Å²) < 4.78 is 0. The van der Waals surface area contributed by atoms with Crippen LogP contribution in [0.25, 0.3) is 0 Å². The number of hydrogen-bond acceptors (Lipinski definition) is 1. The summed E-state index contributed by atoms with van der Waals surface area (Å²) >= 11 is 0. The van der Waals surface area contributed by atoms with E-state index in [0.29, 0.717) is 10.8 Å². The van der Waals surface area contributed by atoms with Crippen molar-refractivity contribution in [2.24, 2.45) is 46.3 Å². The molecule has 0 saturated heterocycles. The zero-order valence-electron chi connectivity index (χ0n) is 19.3. The van der Waals surface area contributed by atoms with Crippen molar-refractivity contribution in [2.75, 3.05) is 0 Å². The lowest BCUT2D eigenvalue weighted by atomic mass is 9.45. The van der Waals surface area contributed by atoms with E-state index in [2.05, 4.69) is 40.7 Å². The van der Waals surface area contributed by atoms with Gasteiger partial charge in [0.25, 0.3) is 0 Å². The molecule has 1 heteroatoms. The summed E-state index contributed by atoms with van der Waals surface area (Å²) in [7, 11) is 0. The van der Waals surface area contributed by atoms with Crippen LogP contribution in [0.2, 0.25) is 0 Å². The van der Waals surface area contributed by atoms with Crippen LogP contribution in [0.4, 0.5) is 0 Å². The highest BCUT2D eigenvalue weighted by Gasteiger charge is 2.57. The minimum absolute atomic E-state index is 0.0229. The Labute approximate surface area is 174 Å². The molecular formula is C27H46O. The van der Waals surface area contributed by atoms with Gasteiger partial charge in [0.05, 0.1) is 6.10 Å². The van der Waals surface area contributed by atoms with E-state index in [4.69, 9.17) is 0 Å². The number of aliphatic hydroxyl groups excluding tert-OH is 1. The normalized spacial score (nSPS) is 46.5. The summed E-state index contributed by atoms with van der Waals surface area (Å²) in [5.74, 6) is 5.10. The minimum atomic E-state index is -0.0229. The molecule has 0 bridgehead atoms. The first-order valence-electron chi connectivity index (χ1n) is 12.6. The summed E-state index contributed by atoms with van der Waals surface area (Å²) in [5.41, 5.74) is 2.86. The third-order valence-electron chi connectivity index (χ3n) is 10.2. The first kappa shape index (κ1) is 21.0. The molecule has 0 aromatic heterocycles. The van der Waals surface area contributed by atoms with E-state index in [1.807, 2.05) is 5.57 Å². The van der Waals surface area contributed by atoms with Crippen molar-refractivity contribution in [3.63, 3.8) is 0 Å². The van der Waals surface area contributed by atoms with Crippen LogP contribution in [0.3, 0.4) is 0 Å². The van der Waals surface area contributed by atoms with Gasteiger partial charge >= 0.3 is 0 Å². The van der Waals surface area contributed by atoms with Crippen LogP contribution >= 0.6 is 0 Å². The van der Waals surface area contributed by atoms with Gasteiger partial charge in [-0.15, -0.1) is 0 Å². The lowest BCUT2D eigenvalue weighted by Crippen LogP contribution is -2.52. The molecule has 4 aliphatic carbocycles. The van der Waals surface area contributed by atoms with Crippen molar-refractivity contribution in [1.29, 1.82) is 0 Å². The molecule has 28 heavy (non-hydrogen) atoms. The Kier molecular flexibility index (Phi) is 5.80. The molecule has 3 saturated carbocycles. The number of fused-ring (bicyclic) bond motifs is 5. The molecule has 1 N–H and O–H groups in total. The largest absolute Gasteiger partial charge is 0.393 e. The Balaban J connectivity index is 1.47. The van der Waals surface area contributed by atoms with E-state index < -0.39 is 0 Å². The molecule has 0 unspecified atom stereocenters. The van der Waals surface area contributed by atoms with Crippen LogP contribution in [0.15, 0.2) is 11.6 Å². The smallest absolute Gasteiger partial charge is 0.0543 e.